The molecule has 0 spiro atoms. The van der Waals surface area contributed by atoms with Crippen molar-refractivity contribution in [2.45, 2.75) is 25.9 Å². The Hall–Kier alpha value is -0.940. The second kappa shape index (κ2) is 6.56. The van der Waals surface area contributed by atoms with Crippen LogP contribution < -0.4 is 0 Å². The maximum Gasteiger partial charge on any atom is 0.306 e. The molecule has 0 aromatic rings. The van der Waals surface area contributed by atoms with Crippen molar-refractivity contribution in [1.29, 1.82) is 0 Å². The summed E-state index contributed by atoms with van der Waals surface area (Å²) >= 11 is 0. The summed E-state index contributed by atoms with van der Waals surface area (Å²) < 4.78 is 4.54. The van der Waals surface area contributed by atoms with Crippen LogP contribution in [0.1, 0.15) is 19.8 Å². The van der Waals surface area contributed by atoms with E-state index in [2.05, 4.69) is 4.74 Å². The summed E-state index contributed by atoms with van der Waals surface area (Å²) in [5.74, 6) is -0.623. The van der Waals surface area contributed by atoms with Crippen molar-refractivity contribution in [2.75, 3.05) is 13.2 Å². The van der Waals surface area contributed by atoms with Crippen molar-refractivity contribution in [2.24, 2.45) is 0 Å². The first-order valence-electron chi connectivity index (χ1n) is 4.00. The van der Waals surface area contributed by atoms with Gasteiger partial charge in [-0.15, -0.1) is 0 Å². The van der Waals surface area contributed by atoms with Crippen LogP contribution in [-0.2, 0) is 14.3 Å². The predicted octanol–water partition coefficient (Wildman–Crippen LogP) is -0.748. The zero-order valence-electron chi connectivity index (χ0n) is 7.52. The van der Waals surface area contributed by atoms with Crippen molar-refractivity contribution in [1.82, 2.24) is 0 Å². The first kappa shape index (κ1) is 12.1. The van der Waals surface area contributed by atoms with Crippen LogP contribution in [0.3, 0.4) is 0 Å². The van der Waals surface area contributed by atoms with Gasteiger partial charge in [-0.3, -0.25) is 4.79 Å². The molecule has 0 heterocycles. The smallest absolute Gasteiger partial charge is 0.306 e. The molecule has 5 nitrogen and oxygen atoms in total. The first-order chi connectivity index (χ1) is 6.06. The molecule has 0 saturated heterocycles. The van der Waals surface area contributed by atoms with E-state index in [9.17, 15) is 9.59 Å². The number of ether oxygens (including phenoxy) is 1. The number of rotatable bonds is 6. The van der Waals surface area contributed by atoms with Crippen molar-refractivity contribution < 1.29 is 24.5 Å². The van der Waals surface area contributed by atoms with E-state index in [0.29, 0.717) is 0 Å². The van der Waals surface area contributed by atoms with Crippen LogP contribution in [0.2, 0.25) is 0 Å². The summed E-state index contributed by atoms with van der Waals surface area (Å²) in [5, 5.41) is 17.2. The average Bonchev–Trinajstić information content (AvgIpc) is 2.10. The molecule has 0 radical (unpaired) electrons. The number of aliphatic hydroxyl groups excluding tert-OH is 2. The van der Waals surface area contributed by atoms with Crippen molar-refractivity contribution in [3.05, 3.63) is 0 Å². The molecule has 1 atom stereocenters. The molecule has 0 amide bonds. The molecule has 0 aliphatic heterocycles. The van der Waals surface area contributed by atoms with Crippen molar-refractivity contribution in [3.63, 3.8) is 0 Å². The van der Waals surface area contributed by atoms with Gasteiger partial charge in [0, 0.05) is 6.42 Å². The fourth-order valence-electron chi connectivity index (χ4n) is 0.592. The van der Waals surface area contributed by atoms with E-state index in [1.54, 1.807) is 0 Å². The summed E-state index contributed by atoms with van der Waals surface area (Å²) in [7, 11) is 0. The molecule has 2 N–H and O–H groups in total. The Balaban J connectivity index is 3.46. The Kier molecular flexibility index (Phi) is 6.09. The fourth-order valence-corrected chi connectivity index (χ4v) is 0.592. The van der Waals surface area contributed by atoms with Crippen LogP contribution in [0.25, 0.3) is 0 Å². The second-order valence-corrected chi connectivity index (χ2v) is 2.72. The summed E-state index contributed by atoms with van der Waals surface area (Å²) in [5.41, 5.74) is 0. The van der Waals surface area contributed by atoms with Crippen LogP contribution in [-0.4, -0.2) is 41.3 Å². The average molecular weight is 190 g/mol. The van der Waals surface area contributed by atoms with E-state index >= 15 is 0 Å². The number of aliphatic hydroxyl groups is 2. The van der Waals surface area contributed by atoms with E-state index < -0.39 is 18.7 Å². The van der Waals surface area contributed by atoms with Gasteiger partial charge in [0.05, 0.1) is 13.0 Å². The molecular formula is C8H14O5. The number of Topliss-reactive ketones (excluding diaryl/α,β-unsaturated/α-hetero) is 1. The second-order valence-electron chi connectivity index (χ2n) is 2.72. The third-order valence-corrected chi connectivity index (χ3v) is 1.33. The normalized spacial score (nSPS) is 12.2. The first-order valence-corrected chi connectivity index (χ1v) is 4.00. The molecular weight excluding hydrogens is 176 g/mol. The van der Waals surface area contributed by atoms with Gasteiger partial charge in [-0.25, -0.2) is 0 Å². The summed E-state index contributed by atoms with van der Waals surface area (Å²) in [6, 6.07) is 0. The van der Waals surface area contributed by atoms with Gasteiger partial charge in [0.1, 0.15) is 18.5 Å². The largest absolute Gasteiger partial charge is 0.463 e. The third-order valence-electron chi connectivity index (χ3n) is 1.33. The Morgan fingerprint density at radius 3 is 2.46 bits per heavy atom. The molecule has 0 aromatic carbocycles. The molecule has 0 rings (SSSR count). The van der Waals surface area contributed by atoms with Crippen molar-refractivity contribution >= 4 is 11.8 Å². The van der Waals surface area contributed by atoms with E-state index in [1.807, 2.05) is 0 Å². The molecule has 0 saturated carbocycles. The van der Waals surface area contributed by atoms with Crippen molar-refractivity contribution in [3.8, 4) is 0 Å². The van der Waals surface area contributed by atoms with Gasteiger partial charge in [-0.1, -0.05) is 0 Å². The minimum absolute atomic E-state index is 0.0213. The number of carbonyl (C=O) groups is 2. The lowest BCUT2D eigenvalue weighted by Gasteiger charge is -2.07. The number of hydrogen-bond donors (Lipinski definition) is 2. The molecule has 0 fully saturated rings. The molecule has 0 aliphatic rings. The van der Waals surface area contributed by atoms with Gasteiger partial charge in [-0.05, 0) is 6.92 Å². The van der Waals surface area contributed by atoms with Gasteiger partial charge in [-0.2, -0.15) is 0 Å². The molecule has 13 heavy (non-hydrogen) atoms. The summed E-state index contributed by atoms with van der Waals surface area (Å²) in [4.78, 5) is 21.2. The Morgan fingerprint density at radius 1 is 1.38 bits per heavy atom. The highest BCUT2D eigenvalue weighted by Crippen LogP contribution is 1.95. The highest BCUT2D eigenvalue weighted by Gasteiger charge is 2.08. The zero-order valence-corrected chi connectivity index (χ0v) is 7.52. The maximum absolute atomic E-state index is 10.8. The molecule has 0 bridgehead atoms. The van der Waals surface area contributed by atoms with Gasteiger partial charge >= 0.3 is 5.97 Å². The third kappa shape index (κ3) is 7.42. The maximum atomic E-state index is 10.8. The minimum atomic E-state index is -1.04. The molecule has 5 heteroatoms. The predicted molar refractivity (Wildman–Crippen MR) is 44.0 cm³/mol. The lowest BCUT2D eigenvalue weighted by molar-refractivity contribution is -0.148. The van der Waals surface area contributed by atoms with E-state index in [1.165, 1.54) is 6.92 Å². The molecule has 0 aromatic heterocycles. The van der Waals surface area contributed by atoms with Crippen LogP contribution in [0.5, 0.6) is 0 Å². The highest BCUT2D eigenvalue weighted by molar-refractivity contribution is 5.80. The fraction of sp³-hybridized carbons (Fsp3) is 0.750. The quantitative estimate of drug-likeness (QED) is 0.538. The minimum Gasteiger partial charge on any atom is -0.463 e. The number of hydrogen-bond acceptors (Lipinski definition) is 5. The van der Waals surface area contributed by atoms with E-state index in [-0.39, 0.29) is 25.2 Å². The van der Waals surface area contributed by atoms with E-state index in [4.69, 9.17) is 10.2 Å². The number of esters is 1. The highest BCUT2D eigenvalue weighted by atomic mass is 16.5. The summed E-state index contributed by atoms with van der Waals surface area (Å²) in [6.07, 6.45) is -0.872. The zero-order chi connectivity index (χ0) is 10.3. The Bertz CT molecular complexity index is 177. The topological polar surface area (TPSA) is 83.8 Å². The van der Waals surface area contributed by atoms with Gasteiger partial charge < -0.3 is 19.7 Å². The molecule has 1 unspecified atom stereocenters. The van der Waals surface area contributed by atoms with Gasteiger partial charge in [0.2, 0.25) is 0 Å². The monoisotopic (exact) mass is 190 g/mol. The lowest BCUT2D eigenvalue weighted by Crippen LogP contribution is -2.22. The Morgan fingerprint density at radius 2 is 2.00 bits per heavy atom. The van der Waals surface area contributed by atoms with Gasteiger partial charge in [0.25, 0.3) is 0 Å². The molecule has 76 valence electrons. The standard InChI is InChI=1S/C8H14O5/c1-6(10)2-3-8(12)13-5-7(11)4-9/h7,9,11H,2-5H2,1H3. The van der Waals surface area contributed by atoms with Crippen LogP contribution in [0, 0.1) is 0 Å². The van der Waals surface area contributed by atoms with Crippen LogP contribution in [0.4, 0.5) is 0 Å². The van der Waals surface area contributed by atoms with E-state index in [0.717, 1.165) is 0 Å². The lowest BCUT2D eigenvalue weighted by atomic mass is 10.2. The van der Waals surface area contributed by atoms with Crippen LogP contribution >= 0.6 is 0 Å². The SMILES string of the molecule is CC(=O)CCC(=O)OCC(O)CO. The number of ketones is 1. The number of carbonyl (C=O) groups excluding carboxylic acids is 2. The Labute approximate surface area is 76.3 Å². The van der Waals surface area contributed by atoms with Crippen LogP contribution in [0.15, 0.2) is 0 Å². The summed E-state index contributed by atoms with van der Waals surface area (Å²) in [6.45, 7) is 0.711. The van der Waals surface area contributed by atoms with Gasteiger partial charge in [0.15, 0.2) is 0 Å². The molecule has 0 aliphatic carbocycles.